The van der Waals surface area contributed by atoms with Crippen molar-refractivity contribution in [2.75, 3.05) is 13.9 Å². The molecule has 3 rings (SSSR count). The van der Waals surface area contributed by atoms with Crippen molar-refractivity contribution < 1.29 is 19.0 Å². The first-order chi connectivity index (χ1) is 10.2. The van der Waals surface area contributed by atoms with Gasteiger partial charge in [0, 0.05) is 17.4 Å². The lowest BCUT2D eigenvalue weighted by atomic mass is 10.2. The van der Waals surface area contributed by atoms with Crippen molar-refractivity contribution >= 4 is 28.9 Å². The molecule has 0 bridgehead atoms. The first-order valence-electron chi connectivity index (χ1n) is 6.28. The van der Waals surface area contributed by atoms with Crippen LogP contribution in [0.3, 0.4) is 0 Å². The van der Waals surface area contributed by atoms with E-state index >= 15 is 0 Å². The molecule has 0 fully saturated rings. The van der Waals surface area contributed by atoms with Gasteiger partial charge in [0.15, 0.2) is 11.5 Å². The summed E-state index contributed by atoms with van der Waals surface area (Å²) in [7, 11) is 1.38. The number of methoxy groups -OCH3 is 1. The van der Waals surface area contributed by atoms with E-state index in [0.29, 0.717) is 29.4 Å². The molecule has 0 saturated heterocycles. The second-order valence-electron chi connectivity index (χ2n) is 4.41. The highest BCUT2D eigenvalue weighted by Gasteiger charge is 2.19. The number of ether oxygens (including phenoxy) is 3. The lowest BCUT2D eigenvalue weighted by Crippen LogP contribution is -2.01. The van der Waals surface area contributed by atoms with Crippen molar-refractivity contribution in [1.82, 2.24) is 4.98 Å². The Morgan fingerprint density at radius 3 is 3.14 bits per heavy atom. The van der Waals surface area contributed by atoms with E-state index in [0.717, 1.165) is 16.3 Å². The first-order valence-corrected chi connectivity index (χ1v) is 7.54. The van der Waals surface area contributed by atoms with Gasteiger partial charge in [0.25, 0.3) is 0 Å². The van der Waals surface area contributed by atoms with Crippen LogP contribution in [-0.2, 0) is 16.0 Å². The van der Waals surface area contributed by atoms with E-state index in [9.17, 15) is 4.79 Å². The Hall–Kier alpha value is -1.79. The Labute approximate surface area is 130 Å². The molecule has 7 heteroatoms. The predicted octanol–water partition coefficient (Wildman–Crippen LogP) is 3.30. The number of aryl methyl sites for hydroxylation is 1. The predicted molar refractivity (Wildman–Crippen MR) is 79.0 cm³/mol. The zero-order chi connectivity index (χ0) is 14.8. The minimum atomic E-state index is -0.240. The molecular formula is C14H12ClNO4S. The molecule has 1 aromatic heterocycles. The van der Waals surface area contributed by atoms with E-state index < -0.39 is 0 Å². The molecule has 1 aromatic carbocycles. The van der Waals surface area contributed by atoms with E-state index in [1.54, 1.807) is 6.07 Å². The maximum absolute atomic E-state index is 11.1. The number of benzene rings is 1. The third-order valence-corrected chi connectivity index (χ3v) is 4.26. The van der Waals surface area contributed by atoms with Gasteiger partial charge in [-0.15, -0.1) is 11.3 Å². The number of halogens is 1. The van der Waals surface area contributed by atoms with Crippen LogP contribution in [0.1, 0.15) is 12.1 Å². The number of thiazole rings is 1. The molecule has 110 valence electrons. The maximum atomic E-state index is 11.1. The fourth-order valence-electron chi connectivity index (χ4n) is 1.98. The van der Waals surface area contributed by atoms with Gasteiger partial charge in [-0.1, -0.05) is 11.6 Å². The van der Waals surface area contributed by atoms with Crippen LogP contribution in [-0.4, -0.2) is 24.9 Å². The van der Waals surface area contributed by atoms with Gasteiger partial charge in [-0.05, 0) is 12.1 Å². The van der Waals surface area contributed by atoms with Crippen LogP contribution in [0.5, 0.6) is 11.5 Å². The van der Waals surface area contributed by atoms with E-state index in [1.165, 1.54) is 18.4 Å². The van der Waals surface area contributed by atoms with E-state index in [1.807, 2.05) is 11.4 Å². The summed E-state index contributed by atoms with van der Waals surface area (Å²) in [6.45, 7) is 0.181. The van der Waals surface area contributed by atoms with Gasteiger partial charge < -0.3 is 14.2 Å². The molecule has 2 heterocycles. The van der Waals surface area contributed by atoms with Crippen molar-refractivity contribution in [3.63, 3.8) is 0 Å². The monoisotopic (exact) mass is 325 g/mol. The SMILES string of the molecule is COC(=O)CCc1csc(-c2cc(Cl)c3c(c2)OCO3)n1. The Morgan fingerprint density at radius 1 is 1.48 bits per heavy atom. The van der Waals surface area contributed by atoms with Gasteiger partial charge >= 0.3 is 5.97 Å². The van der Waals surface area contributed by atoms with E-state index in [4.69, 9.17) is 21.1 Å². The highest BCUT2D eigenvalue weighted by molar-refractivity contribution is 7.13. The minimum Gasteiger partial charge on any atom is -0.469 e. The summed E-state index contributed by atoms with van der Waals surface area (Å²) in [6.07, 6.45) is 0.878. The van der Waals surface area contributed by atoms with Crippen LogP contribution < -0.4 is 9.47 Å². The minimum absolute atomic E-state index is 0.181. The van der Waals surface area contributed by atoms with Crippen molar-refractivity contribution in [1.29, 1.82) is 0 Å². The molecule has 1 aliphatic rings. The largest absolute Gasteiger partial charge is 0.469 e. The Balaban J connectivity index is 1.80. The number of fused-ring (bicyclic) bond motifs is 1. The van der Waals surface area contributed by atoms with Gasteiger partial charge in [-0.2, -0.15) is 0 Å². The number of hydrogen-bond donors (Lipinski definition) is 0. The highest BCUT2D eigenvalue weighted by Crippen LogP contribution is 2.42. The Bertz CT molecular complexity index is 686. The van der Waals surface area contributed by atoms with Crippen molar-refractivity contribution in [3.8, 4) is 22.1 Å². The van der Waals surface area contributed by atoms with E-state index in [-0.39, 0.29) is 12.8 Å². The summed E-state index contributed by atoms with van der Waals surface area (Å²) < 4.78 is 15.2. The van der Waals surface area contributed by atoms with Crippen LogP contribution in [0.25, 0.3) is 10.6 Å². The first kappa shape index (κ1) is 14.2. The fraction of sp³-hybridized carbons (Fsp3) is 0.286. The van der Waals surface area contributed by atoms with Gasteiger partial charge in [-0.25, -0.2) is 4.98 Å². The van der Waals surface area contributed by atoms with Gasteiger partial charge in [0.05, 0.1) is 24.2 Å². The lowest BCUT2D eigenvalue weighted by molar-refractivity contribution is -0.140. The highest BCUT2D eigenvalue weighted by atomic mass is 35.5. The van der Waals surface area contributed by atoms with Gasteiger partial charge in [0.2, 0.25) is 6.79 Å². The standard InChI is InChI=1S/C14H12ClNO4S/c1-18-12(17)3-2-9-6-21-14(16-9)8-4-10(15)13-11(5-8)19-7-20-13/h4-6H,2-3,7H2,1H3. The molecule has 0 unspecified atom stereocenters. The third kappa shape index (κ3) is 2.96. The lowest BCUT2D eigenvalue weighted by Gasteiger charge is -2.02. The number of esters is 1. The molecule has 0 atom stereocenters. The number of carbonyl (C=O) groups excluding carboxylic acids is 1. The van der Waals surface area contributed by atoms with Crippen LogP contribution in [0.4, 0.5) is 0 Å². The summed E-state index contributed by atoms with van der Waals surface area (Å²) in [5, 5.41) is 3.26. The quantitative estimate of drug-likeness (QED) is 0.807. The number of hydrogen-bond acceptors (Lipinski definition) is 6. The number of rotatable bonds is 4. The number of aromatic nitrogens is 1. The van der Waals surface area contributed by atoms with Crippen molar-refractivity contribution in [3.05, 3.63) is 28.2 Å². The summed E-state index contributed by atoms with van der Waals surface area (Å²) in [4.78, 5) is 15.6. The van der Waals surface area contributed by atoms with Crippen molar-refractivity contribution in [2.24, 2.45) is 0 Å². The summed E-state index contributed by atoms with van der Waals surface area (Å²) in [5.41, 5.74) is 1.73. The van der Waals surface area contributed by atoms with Crippen LogP contribution in [0, 0.1) is 0 Å². The van der Waals surface area contributed by atoms with E-state index in [2.05, 4.69) is 9.72 Å². The molecule has 2 aromatic rings. The molecule has 21 heavy (non-hydrogen) atoms. The molecule has 0 N–H and O–H groups in total. The molecular weight excluding hydrogens is 314 g/mol. The van der Waals surface area contributed by atoms with Gasteiger partial charge in [0.1, 0.15) is 5.01 Å². The zero-order valence-corrected chi connectivity index (χ0v) is 12.8. The van der Waals surface area contributed by atoms with Crippen molar-refractivity contribution in [2.45, 2.75) is 12.8 Å². The summed E-state index contributed by atoms with van der Waals surface area (Å²) >= 11 is 7.66. The van der Waals surface area contributed by atoms with Gasteiger partial charge in [-0.3, -0.25) is 4.79 Å². The van der Waals surface area contributed by atoms with Crippen LogP contribution >= 0.6 is 22.9 Å². The molecule has 0 saturated carbocycles. The molecule has 0 aliphatic carbocycles. The summed E-state index contributed by atoms with van der Waals surface area (Å²) in [6, 6.07) is 3.66. The van der Waals surface area contributed by atoms with Crippen LogP contribution in [0.2, 0.25) is 5.02 Å². The second kappa shape index (κ2) is 5.91. The average molecular weight is 326 g/mol. The molecule has 0 amide bonds. The molecule has 0 spiro atoms. The Kier molecular flexibility index (Phi) is 3.98. The van der Waals surface area contributed by atoms with Crippen LogP contribution in [0.15, 0.2) is 17.5 Å². The summed E-state index contributed by atoms with van der Waals surface area (Å²) in [5.74, 6) is 0.961. The third-order valence-electron chi connectivity index (χ3n) is 3.04. The smallest absolute Gasteiger partial charge is 0.305 e. The normalized spacial score (nSPS) is 12.5. The Morgan fingerprint density at radius 2 is 2.33 bits per heavy atom. The molecule has 1 aliphatic heterocycles. The number of nitrogens with zero attached hydrogens (tertiary/aromatic N) is 1. The fourth-order valence-corrected chi connectivity index (χ4v) is 3.08. The zero-order valence-electron chi connectivity index (χ0n) is 11.2. The second-order valence-corrected chi connectivity index (χ2v) is 5.68. The molecule has 0 radical (unpaired) electrons. The molecule has 5 nitrogen and oxygen atoms in total. The number of carbonyl (C=O) groups is 1. The average Bonchev–Trinajstić information content (AvgIpc) is 3.13. The maximum Gasteiger partial charge on any atom is 0.305 e. The topological polar surface area (TPSA) is 57.7 Å².